The van der Waals surface area contributed by atoms with E-state index in [0.717, 1.165) is 16.1 Å². The molecule has 1 N–H and O–H groups in total. The van der Waals surface area contributed by atoms with Crippen LogP contribution < -0.4 is 9.80 Å². The molecule has 0 radical (unpaired) electrons. The number of carbonyl (C=O) groups excluding carboxylic acids is 2. The summed E-state index contributed by atoms with van der Waals surface area (Å²) >= 11 is 0. The first-order chi connectivity index (χ1) is 16.0. The van der Waals surface area contributed by atoms with Gasteiger partial charge in [-0.2, -0.15) is 0 Å². The third kappa shape index (κ3) is 3.45. The van der Waals surface area contributed by atoms with E-state index < -0.39 is 0 Å². The first-order valence-corrected chi connectivity index (χ1v) is 10.3. The molecule has 7 nitrogen and oxygen atoms in total. The number of carbonyl (C=O) groups is 2. The van der Waals surface area contributed by atoms with E-state index in [-0.39, 0.29) is 41.1 Å². The number of phenolic OH excluding ortho intramolecular Hbond substituents is 1. The molecule has 0 fully saturated rings. The highest BCUT2D eigenvalue weighted by atomic mass is 19.1. The number of aryl methyl sites for hydroxylation is 1. The van der Waals surface area contributed by atoms with Crippen molar-refractivity contribution < 1.29 is 28.9 Å². The van der Waals surface area contributed by atoms with Crippen molar-refractivity contribution in [3.63, 3.8) is 0 Å². The maximum absolute atomic E-state index is 13.2. The van der Waals surface area contributed by atoms with Crippen LogP contribution in [0.25, 0.3) is 11.1 Å². The van der Waals surface area contributed by atoms with E-state index in [1.807, 2.05) is 6.07 Å². The fourth-order valence-electron chi connectivity index (χ4n) is 4.07. The zero-order valence-corrected chi connectivity index (χ0v) is 17.7. The number of aromatic nitrogens is 3. The highest BCUT2D eigenvalue weighted by Crippen LogP contribution is 2.28. The zero-order chi connectivity index (χ0) is 23.1. The summed E-state index contributed by atoms with van der Waals surface area (Å²) in [4.78, 5) is 32.4. The molecule has 0 spiro atoms. The average Bonchev–Trinajstić information content (AvgIpc) is 3.21. The lowest BCUT2D eigenvalue weighted by molar-refractivity contribution is -0.986. The number of rotatable bonds is 5. The molecule has 1 aromatic heterocycles. The van der Waals surface area contributed by atoms with Crippen molar-refractivity contribution in [2.45, 2.75) is 13.0 Å². The zero-order valence-electron chi connectivity index (χ0n) is 17.7. The summed E-state index contributed by atoms with van der Waals surface area (Å²) in [5.41, 5.74) is 3.01. The molecule has 3 aromatic carbocycles. The molecule has 0 amide bonds. The summed E-state index contributed by atoms with van der Waals surface area (Å²) in [6.45, 7) is 0.237. The Balaban J connectivity index is 1.45. The van der Waals surface area contributed by atoms with Crippen LogP contribution in [-0.2, 0) is 13.0 Å². The highest BCUT2D eigenvalue weighted by molar-refractivity contribution is 6.26. The lowest BCUT2D eigenvalue weighted by Crippen LogP contribution is -2.52. The van der Waals surface area contributed by atoms with E-state index in [0.29, 0.717) is 23.1 Å². The van der Waals surface area contributed by atoms with Crippen molar-refractivity contribution in [3.8, 4) is 16.9 Å². The largest absolute Gasteiger partial charge is 0.508 e. The third-order valence-electron chi connectivity index (χ3n) is 5.74. The molecule has 5 rings (SSSR count). The molecule has 1 aliphatic carbocycles. The molecule has 0 saturated carbocycles. The van der Waals surface area contributed by atoms with Crippen LogP contribution >= 0.6 is 0 Å². The van der Waals surface area contributed by atoms with Gasteiger partial charge in [-0.3, -0.25) is 9.59 Å². The number of halogens is 1. The Bertz CT molecular complexity index is 1410. The second kappa shape index (κ2) is 7.98. The number of hydrogen-bond donors (Lipinski definition) is 1. The molecule has 0 aliphatic heterocycles. The highest BCUT2D eigenvalue weighted by Gasteiger charge is 2.41. The topological polar surface area (TPSA) is 85.3 Å². The van der Waals surface area contributed by atoms with Crippen LogP contribution in [0.3, 0.4) is 0 Å². The van der Waals surface area contributed by atoms with Gasteiger partial charge in [0.15, 0.2) is 12.8 Å². The molecule has 33 heavy (non-hydrogen) atoms. The summed E-state index contributed by atoms with van der Waals surface area (Å²) in [6.07, 6.45) is 0.352. The number of nitrogens with zero attached hydrogens (tertiary/aromatic N) is 3. The molecule has 0 bridgehead atoms. The minimum absolute atomic E-state index is 0.0384. The Morgan fingerprint density at radius 3 is 2.30 bits per heavy atom. The van der Waals surface area contributed by atoms with Gasteiger partial charge in [0.2, 0.25) is 22.2 Å². The number of phenols is 1. The van der Waals surface area contributed by atoms with Gasteiger partial charge >= 0.3 is 0 Å². The molecule has 0 atom stereocenters. The van der Waals surface area contributed by atoms with Gasteiger partial charge in [0, 0.05) is 11.1 Å². The van der Waals surface area contributed by atoms with E-state index in [2.05, 4.69) is 5.10 Å². The Morgan fingerprint density at radius 2 is 1.64 bits per heavy atom. The molecule has 0 unspecified atom stereocenters. The maximum atomic E-state index is 13.2. The molecule has 0 saturated heterocycles. The van der Waals surface area contributed by atoms with Gasteiger partial charge in [-0.05, 0) is 41.3 Å². The lowest BCUT2D eigenvalue weighted by Gasteiger charge is -2.12. The van der Waals surface area contributed by atoms with Crippen LogP contribution in [0, 0.1) is 5.82 Å². The Labute approximate surface area is 188 Å². The SMILES string of the molecule is CO[n+]1nc2c(n1CCc1ccc(-c3ccc(F)cc3)cc1O)C(=O)c1ccccc1C2=O. The molecule has 4 aromatic rings. The first kappa shape index (κ1) is 20.6. The fourth-order valence-corrected chi connectivity index (χ4v) is 4.07. The summed E-state index contributed by atoms with van der Waals surface area (Å²) in [5.74, 6) is -0.900. The fraction of sp³-hybridized carbons (Fsp3) is 0.120. The number of fused-ring (bicyclic) bond motifs is 2. The van der Waals surface area contributed by atoms with Crippen molar-refractivity contribution in [2.75, 3.05) is 7.11 Å². The summed E-state index contributed by atoms with van der Waals surface area (Å²) in [7, 11) is 1.39. The van der Waals surface area contributed by atoms with Crippen LogP contribution in [0.4, 0.5) is 4.39 Å². The molecular formula is C25H19FN3O4+. The minimum atomic E-state index is -0.337. The van der Waals surface area contributed by atoms with Gasteiger partial charge in [-0.25, -0.2) is 9.23 Å². The van der Waals surface area contributed by atoms with E-state index in [1.165, 1.54) is 23.9 Å². The van der Waals surface area contributed by atoms with Gasteiger partial charge < -0.3 is 5.11 Å². The van der Waals surface area contributed by atoms with E-state index in [9.17, 15) is 19.1 Å². The van der Waals surface area contributed by atoms with Gasteiger partial charge in [0.05, 0.1) is 11.6 Å². The Kier molecular flexibility index (Phi) is 4.97. The van der Waals surface area contributed by atoms with Crippen LogP contribution in [0.1, 0.15) is 37.7 Å². The van der Waals surface area contributed by atoms with Crippen molar-refractivity contribution in [2.24, 2.45) is 0 Å². The molecule has 1 heterocycles. The molecule has 8 heteroatoms. The molecule has 164 valence electrons. The van der Waals surface area contributed by atoms with Gasteiger partial charge in [0.1, 0.15) is 11.6 Å². The number of ketones is 2. The monoisotopic (exact) mass is 444 g/mol. The van der Waals surface area contributed by atoms with Crippen LogP contribution in [0.15, 0.2) is 66.7 Å². The van der Waals surface area contributed by atoms with Crippen LogP contribution in [0.5, 0.6) is 5.75 Å². The van der Waals surface area contributed by atoms with Gasteiger partial charge in [0.25, 0.3) is 0 Å². The standard InChI is InChI=1S/C25H18FN3O4/c1-33-29-27-22-23(25(32)20-5-3-2-4-19(20)24(22)31)28(29)13-12-16-6-7-17(14-21(16)30)15-8-10-18(26)11-9-15/h2-11,14H,12-13H2,1H3/p+1. The minimum Gasteiger partial charge on any atom is -0.508 e. The summed E-state index contributed by atoms with van der Waals surface area (Å²) in [5, 5.41) is 14.8. The molecule has 1 aliphatic rings. The average molecular weight is 444 g/mol. The van der Waals surface area contributed by atoms with Crippen LogP contribution in [-0.4, -0.2) is 33.6 Å². The van der Waals surface area contributed by atoms with Gasteiger partial charge in [-0.15, -0.1) is 0 Å². The van der Waals surface area contributed by atoms with E-state index in [1.54, 1.807) is 48.5 Å². The second-order valence-corrected chi connectivity index (χ2v) is 7.66. The maximum Gasteiger partial charge on any atom is 0.232 e. The second-order valence-electron chi connectivity index (χ2n) is 7.66. The van der Waals surface area contributed by atoms with Crippen molar-refractivity contribution in [1.29, 1.82) is 0 Å². The van der Waals surface area contributed by atoms with Crippen LogP contribution in [0.2, 0.25) is 0 Å². The normalized spacial score (nSPS) is 12.4. The van der Waals surface area contributed by atoms with Crippen molar-refractivity contribution in [3.05, 3.63) is 101 Å². The summed E-state index contributed by atoms with van der Waals surface area (Å²) < 4.78 is 14.7. The van der Waals surface area contributed by atoms with Gasteiger partial charge in [-0.1, -0.05) is 53.2 Å². The predicted octanol–water partition coefficient (Wildman–Crippen LogP) is 2.76. The van der Waals surface area contributed by atoms with Crippen molar-refractivity contribution in [1.82, 2.24) is 9.78 Å². The lowest BCUT2D eigenvalue weighted by atomic mass is 9.90. The number of hydrogen-bond acceptors (Lipinski definition) is 5. The first-order valence-electron chi connectivity index (χ1n) is 10.3. The third-order valence-corrected chi connectivity index (χ3v) is 5.74. The number of aromatic hydroxyl groups is 1. The summed E-state index contributed by atoms with van der Waals surface area (Å²) in [6, 6.07) is 17.9. The Hall–Kier alpha value is -4.33. The van der Waals surface area contributed by atoms with E-state index >= 15 is 0 Å². The van der Waals surface area contributed by atoms with Crippen molar-refractivity contribution >= 4 is 11.6 Å². The van der Waals surface area contributed by atoms with E-state index in [4.69, 9.17) is 4.84 Å². The number of benzene rings is 3. The Morgan fingerprint density at radius 1 is 0.970 bits per heavy atom. The smallest absolute Gasteiger partial charge is 0.232 e. The quantitative estimate of drug-likeness (QED) is 0.422. The predicted molar refractivity (Wildman–Crippen MR) is 115 cm³/mol. The molecular weight excluding hydrogens is 425 g/mol.